The summed E-state index contributed by atoms with van der Waals surface area (Å²) >= 11 is 1.54. The van der Waals surface area contributed by atoms with E-state index in [1.54, 1.807) is 6.20 Å². The van der Waals surface area contributed by atoms with E-state index in [0.29, 0.717) is 6.61 Å². The van der Waals surface area contributed by atoms with Crippen LogP contribution in [0, 0.1) is 0 Å². The van der Waals surface area contributed by atoms with Gasteiger partial charge in [0.05, 0.1) is 0 Å². The molecule has 0 aliphatic carbocycles. The molecule has 0 aromatic carbocycles. The van der Waals surface area contributed by atoms with E-state index in [0.717, 1.165) is 10.8 Å². The van der Waals surface area contributed by atoms with Crippen molar-refractivity contribution in [3.63, 3.8) is 0 Å². The van der Waals surface area contributed by atoms with Crippen molar-refractivity contribution in [2.75, 3.05) is 6.61 Å². The molecule has 52 valence electrons. The minimum Gasteiger partial charge on any atom is -0.334 e. The zero-order chi connectivity index (χ0) is 6.81. The maximum Gasteiger partial charge on any atom is 0.199 e. The maximum absolute atomic E-state index is 4.81. The van der Waals surface area contributed by atoms with E-state index in [4.69, 9.17) is 4.89 Å². The van der Waals surface area contributed by atoms with Gasteiger partial charge in [0.15, 0.2) is 10.8 Å². The first-order valence-electron chi connectivity index (χ1n) is 2.86. The lowest BCUT2D eigenvalue weighted by molar-refractivity contribution is -0.208. The summed E-state index contributed by atoms with van der Waals surface area (Å²) in [5, 5.41) is 2.77. The zero-order valence-electron chi connectivity index (χ0n) is 5.11. The number of aromatic nitrogens is 1. The predicted molar refractivity (Wildman–Crippen MR) is 37.1 cm³/mol. The molecule has 1 aromatic heterocycles. The Bertz CT molecular complexity index is 242. The smallest absolute Gasteiger partial charge is 0.199 e. The first-order valence-corrected chi connectivity index (χ1v) is 3.74. The van der Waals surface area contributed by atoms with Crippen molar-refractivity contribution in [2.45, 2.75) is 0 Å². The minimum absolute atomic E-state index is 0.523. The minimum atomic E-state index is 0.523. The Morgan fingerprint density at radius 1 is 1.60 bits per heavy atom. The van der Waals surface area contributed by atoms with Crippen LogP contribution in [0.25, 0.3) is 5.76 Å². The van der Waals surface area contributed by atoms with Crippen molar-refractivity contribution in [3.8, 4) is 0 Å². The molecular weight excluding hydrogens is 150 g/mol. The molecule has 1 aliphatic heterocycles. The molecule has 4 heteroatoms. The second kappa shape index (κ2) is 2.40. The van der Waals surface area contributed by atoms with Crippen LogP contribution < -0.4 is 0 Å². The van der Waals surface area contributed by atoms with E-state index in [9.17, 15) is 0 Å². The van der Waals surface area contributed by atoms with Gasteiger partial charge in [0.2, 0.25) is 0 Å². The second-order valence-electron chi connectivity index (χ2n) is 1.77. The summed E-state index contributed by atoms with van der Waals surface area (Å²) < 4.78 is 0. The van der Waals surface area contributed by atoms with E-state index >= 15 is 0 Å². The highest BCUT2D eigenvalue weighted by Crippen LogP contribution is 2.21. The molecule has 0 radical (unpaired) electrons. The molecule has 2 heterocycles. The normalized spacial score (nSPS) is 16.6. The molecule has 0 amide bonds. The van der Waals surface area contributed by atoms with Crippen molar-refractivity contribution in [3.05, 3.63) is 22.7 Å². The van der Waals surface area contributed by atoms with Crippen LogP contribution in [0.2, 0.25) is 0 Å². The molecule has 0 N–H and O–H groups in total. The number of hydrogen-bond donors (Lipinski definition) is 0. The molecule has 3 nitrogen and oxygen atoms in total. The lowest BCUT2D eigenvalue weighted by Gasteiger charge is -1.93. The molecule has 0 fully saturated rings. The van der Waals surface area contributed by atoms with Gasteiger partial charge >= 0.3 is 0 Å². The molecule has 0 unspecified atom stereocenters. The van der Waals surface area contributed by atoms with E-state index in [2.05, 4.69) is 9.87 Å². The fraction of sp³-hybridized carbons (Fsp3) is 0.167. The molecule has 0 bridgehead atoms. The van der Waals surface area contributed by atoms with Gasteiger partial charge in [-0.2, -0.15) is 4.89 Å². The van der Waals surface area contributed by atoms with Crippen molar-refractivity contribution in [1.82, 2.24) is 4.98 Å². The van der Waals surface area contributed by atoms with Crippen LogP contribution in [-0.2, 0) is 9.78 Å². The summed E-state index contributed by atoms with van der Waals surface area (Å²) in [5.41, 5.74) is 0. The average Bonchev–Trinajstić information content (AvgIpc) is 2.59. The first kappa shape index (κ1) is 5.88. The van der Waals surface area contributed by atoms with Crippen molar-refractivity contribution < 1.29 is 9.78 Å². The van der Waals surface area contributed by atoms with Gasteiger partial charge < -0.3 is 4.89 Å². The fourth-order valence-corrected chi connectivity index (χ4v) is 1.32. The van der Waals surface area contributed by atoms with E-state index in [1.165, 1.54) is 11.3 Å². The van der Waals surface area contributed by atoms with Crippen LogP contribution in [0.15, 0.2) is 17.7 Å². The Balaban J connectivity index is 2.28. The zero-order valence-corrected chi connectivity index (χ0v) is 5.93. The van der Waals surface area contributed by atoms with E-state index in [-0.39, 0.29) is 0 Å². The van der Waals surface area contributed by atoms with Gasteiger partial charge in [0.25, 0.3) is 0 Å². The molecule has 0 atom stereocenters. The predicted octanol–water partition coefficient (Wildman–Crippen LogP) is 1.45. The summed E-state index contributed by atoms with van der Waals surface area (Å²) in [7, 11) is 0. The van der Waals surface area contributed by atoms with Crippen LogP contribution in [0.5, 0.6) is 0 Å². The van der Waals surface area contributed by atoms with Crippen LogP contribution in [0.4, 0.5) is 0 Å². The molecule has 2 rings (SSSR count). The SMILES string of the molecule is C1=C(c2nccs2)OOC1. The Kier molecular flexibility index (Phi) is 1.41. The number of nitrogens with zero attached hydrogens (tertiary/aromatic N) is 1. The monoisotopic (exact) mass is 155 g/mol. The van der Waals surface area contributed by atoms with Crippen LogP contribution >= 0.6 is 11.3 Å². The quantitative estimate of drug-likeness (QED) is 0.575. The third kappa shape index (κ3) is 0.913. The molecule has 0 saturated heterocycles. The molecule has 0 spiro atoms. The molecule has 0 saturated carbocycles. The Morgan fingerprint density at radius 3 is 3.20 bits per heavy atom. The summed E-state index contributed by atoms with van der Waals surface area (Å²) in [6.07, 6.45) is 3.60. The lowest BCUT2D eigenvalue weighted by atomic mass is 10.5. The highest BCUT2D eigenvalue weighted by molar-refractivity contribution is 7.10. The van der Waals surface area contributed by atoms with Gasteiger partial charge in [-0.3, -0.25) is 0 Å². The van der Waals surface area contributed by atoms with E-state index < -0.39 is 0 Å². The first-order chi connectivity index (χ1) is 4.97. The summed E-state index contributed by atoms with van der Waals surface area (Å²) in [5.74, 6) is 0.731. The molecule has 1 aromatic rings. The summed E-state index contributed by atoms with van der Waals surface area (Å²) in [4.78, 5) is 13.5. The van der Waals surface area contributed by atoms with Crippen molar-refractivity contribution in [1.29, 1.82) is 0 Å². The van der Waals surface area contributed by atoms with E-state index in [1.807, 2.05) is 11.5 Å². The van der Waals surface area contributed by atoms with Gasteiger partial charge in [0.1, 0.15) is 6.61 Å². The van der Waals surface area contributed by atoms with Gasteiger partial charge in [-0.1, -0.05) is 0 Å². The molecule has 1 aliphatic rings. The van der Waals surface area contributed by atoms with Gasteiger partial charge in [-0.25, -0.2) is 4.98 Å². The van der Waals surface area contributed by atoms with Crippen molar-refractivity contribution in [2.24, 2.45) is 0 Å². The van der Waals surface area contributed by atoms with Gasteiger partial charge in [-0.15, -0.1) is 11.3 Å². The Morgan fingerprint density at radius 2 is 2.60 bits per heavy atom. The lowest BCUT2D eigenvalue weighted by Crippen LogP contribution is -1.81. The second-order valence-corrected chi connectivity index (χ2v) is 2.67. The topological polar surface area (TPSA) is 31.4 Å². The summed E-state index contributed by atoms with van der Waals surface area (Å²) in [6.45, 7) is 0.523. The number of thiazole rings is 1. The van der Waals surface area contributed by atoms with Crippen LogP contribution in [0.3, 0.4) is 0 Å². The maximum atomic E-state index is 4.81. The fourth-order valence-electron chi connectivity index (χ4n) is 0.709. The highest BCUT2D eigenvalue weighted by atomic mass is 32.1. The van der Waals surface area contributed by atoms with Crippen LogP contribution in [-0.4, -0.2) is 11.6 Å². The summed E-state index contributed by atoms with van der Waals surface area (Å²) in [6, 6.07) is 0. The Hall–Kier alpha value is -0.870. The average molecular weight is 155 g/mol. The largest absolute Gasteiger partial charge is 0.334 e. The van der Waals surface area contributed by atoms with Gasteiger partial charge in [0, 0.05) is 11.6 Å². The van der Waals surface area contributed by atoms with Crippen LogP contribution in [0.1, 0.15) is 5.01 Å². The third-order valence-electron chi connectivity index (χ3n) is 1.13. The van der Waals surface area contributed by atoms with Crippen molar-refractivity contribution >= 4 is 17.1 Å². The Labute approximate surface area is 61.8 Å². The number of hydrogen-bond acceptors (Lipinski definition) is 4. The number of rotatable bonds is 1. The highest BCUT2D eigenvalue weighted by Gasteiger charge is 2.11. The standard InChI is InChI=1S/C6H5NO2S/c1-3-8-9-5(1)6-7-2-4-10-6/h1-2,4H,3H2. The molecule has 10 heavy (non-hydrogen) atoms. The molecular formula is C6H5NO2S. The third-order valence-corrected chi connectivity index (χ3v) is 1.92. The van der Waals surface area contributed by atoms with Gasteiger partial charge in [-0.05, 0) is 6.08 Å².